The van der Waals surface area contributed by atoms with Crippen LogP contribution >= 0.6 is 0 Å². The van der Waals surface area contributed by atoms with Crippen molar-refractivity contribution >= 4 is 0 Å². The molecule has 0 aliphatic heterocycles. The van der Waals surface area contributed by atoms with Gasteiger partial charge in [0, 0.05) is 12.8 Å². The first kappa shape index (κ1) is 11.9. The fourth-order valence-electron chi connectivity index (χ4n) is 2.39. The first-order chi connectivity index (χ1) is 9.35. The van der Waals surface area contributed by atoms with Crippen molar-refractivity contribution in [2.45, 2.75) is 37.5 Å². The lowest BCUT2D eigenvalue weighted by atomic mass is 9.95. The number of rotatable bonds is 5. The molecule has 1 aromatic heterocycles. The molecule has 0 radical (unpaired) electrons. The molecule has 1 saturated carbocycles. The summed E-state index contributed by atoms with van der Waals surface area (Å²) >= 11 is 0. The average molecular weight is 253 g/mol. The minimum absolute atomic E-state index is 0.0295. The van der Waals surface area contributed by atoms with E-state index in [4.69, 9.17) is 9.78 Å². The summed E-state index contributed by atoms with van der Waals surface area (Å²) in [5, 5.41) is 12.7. The van der Waals surface area contributed by atoms with Gasteiger partial charge >= 0.3 is 0 Å². The van der Waals surface area contributed by atoms with Gasteiger partial charge in [-0.1, -0.05) is 35.5 Å². The Labute approximate surface area is 112 Å². The number of nitrogens with zero attached hydrogens (tertiary/aromatic N) is 3. The van der Waals surface area contributed by atoms with Crippen LogP contribution in [0.1, 0.15) is 43.0 Å². The van der Waals surface area contributed by atoms with Gasteiger partial charge in [0.25, 0.3) is 0 Å². The molecule has 4 heteroatoms. The summed E-state index contributed by atoms with van der Waals surface area (Å²) in [6, 6.07) is 12.5. The zero-order valence-electron chi connectivity index (χ0n) is 10.7. The highest BCUT2D eigenvalue weighted by molar-refractivity contribution is 5.38. The highest BCUT2D eigenvalue weighted by atomic mass is 16.5. The van der Waals surface area contributed by atoms with E-state index in [0.29, 0.717) is 18.7 Å². The Kier molecular flexibility index (Phi) is 3.04. The van der Waals surface area contributed by atoms with Crippen molar-refractivity contribution in [1.29, 1.82) is 5.26 Å². The maximum Gasteiger partial charge on any atom is 0.226 e. The Morgan fingerprint density at radius 1 is 1.26 bits per heavy atom. The van der Waals surface area contributed by atoms with E-state index in [2.05, 4.69) is 28.3 Å². The molecule has 3 rings (SSSR count). The Hall–Kier alpha value is -2.15. The molecule has 2 aromatic rings. The molecule has 1 aliphatic rings. The largest absolute Gasteiger partial charge is 0.339 e. The first-order valence-electron chi connectivity index (χ1n) is 6.61. The third kappa shape index (κ3) is 2.24. The molecule has 1 fully saturated rings. The van der Waals surface area contributed by atoms with Crippen molar-refractivity contribution in [2.75, 3.05) is 0 Å². The predicted octanol–water partition coefficient (Wildman–Crippen LogP) is 3.00. The maximum absolute atomic E-state index is 8.52. The molecular weight excluding hydrogens is 238 g/mol. The third-order valence-electron chi connectivity index (χ3n) is 3.65. The van der Waals surface area contributed by atoms with Gasteiger partial charge in [-0.3, -0.25) is 0 Å². The van der Waals surface area contributed by atoms with Crippen molar-refractivity contribution in [2.24, 2.45) is 0 Å². The summed E-state index contributed by atoms with van der Waals surface area (Å²) in [5.74, 6) is 1.44. The molecule has 0 bridgehead atoms. The molecule has 4 nitrogen and oxygen atoms in total. The third-order valence-corrected chi connectivity index (χ3v) is 3.65. The van der Waals surface area contributed by atoms with E-state index in [-0.39, 0.29) is 5.41 Å². The van der Waals surface area contributed by atoms with Crippen LogP contribution in [0, 0.1) is 11.3 Å². The van der Waals surface area contributed by atoms with Gasteiger partial charge in [0.1, 0.15) is 0 Å². The zero-order chi connectivity index (χ0) is 13.1. The molecular formula is C15H15N3O. The quantitative estimate of drug-likeness (QED) is 0.768. The lowest BCUT2D eigenvalue weighted by Crippen LogP contribution is -2.10. The number of aromatic nitrogens is 2. The van der Waals surface area contributed by atoms with Crippen molar-refractivity contribution in [3.8, 4) is 6.07 Å². The Balaban J connectivity index is 1.78. The van der Waals surface area contributed by atoms with Crippen LogP contribution in [0.15, 0.2) is 34.9 Å². The van der Waals surface area contributed by atoms with Gasteiger partial charge in [0.05, 0.1) is 11.5 Å². The van der Waals surface area contributed by atoms with E-state index in [1.165, 1.54) is 5.56 Å². The number of benzene rings is 1. The molecule has 0 saturated heterocycles. The lowest BCUT2D eigenvalue weighted by Gasteiger charge is -2.09. The summed E-state index contributed by atoms with van der Waals surface area (Å²) in [5.41, 5.74) is 1.23. The molecule has 1 heterocycles. The highest BCUT2D eigenvalue weighted by Crippen LogP contribution is 2.52. The summed E-state index contributed by atoms with van der Waals surface area (Å²) in [6.45, 7) is 0. The van der Waals surface area contributed by atoms with Crippen LogP contribution in [-0.4, -0.2) is 10.1 Å². The zero-order valence-corrected chi connectivity index (χ0v) is 10.7. The molecule has 19 heavy (non-hydrogen) atoms. The van der Waals surface area contributed by atoms with Gasteiger partial charge in [-0.15, -0.1) is 0 Å². The number of aryl methyl sites for hydroxylation is 1. The van der Waals surface area contributed by atoms with Crippen LogP contribution in [0.5, 0.6) is 0 Å². The van der Waals surface area contributed by atoms with Crippen LogP contribution < -0.4 is 0 Å². The monoisotopic (exact) mass is 253 g/mol. The van der Waals surface area contributed by atoms with Gasteiger partial charge in [-0.25, -0.2) is 0 Å². The van der Waals surface area contributed by atoms with E-state index < -0.39 is 0 Å². The van der Waals surface area contributed by atoms with Gasteiger partial charge < -0.3 is 4.52 Å². The van der Waals surface area contributed by atoms with E-state index in [0.717, 1.165) is 25.1 Å². The minimum Gasteiger partial charge on any atom is -0.339 e. The number of nitriles is 1. The predicted molar refractivity (Wildman–Crippen MR) is 69.3 cm³/mol. The van der Waals surface area contributed by atoms with Gasteiger partial charge in [0.15, 0.2) is 5.82 Å². The van der Waals surface area contributed by atoms with E-state index in [1.54, 1.807) is 0 Å². The second-order valence-corrected chi connectivity index (χ2v) is 4.97. The minimum atomic E-state index is -0.0295. The molecule has 96 valence electrons. The molecule has 1 aromatic carbocycles. The van der Waals surface area contributed by atoms with Crippen LogP contribution in [0.4, 0.5) is 0 Å². The number of hydrogen-bond acceptors (Lipinski definition) is 4. The Morgan fingerprint density at radius 3 is 2.74 bits per heavy atom. The second kappa shape index (κ2) is 4.85. The van der Waals surface area contributed by atoms with Gasteiger partial charge in [-0.2, -0.15) is 10.2 Å². The van der Waals surface area contributed by atoms with Gasteiger partial charge in [-0.05, 0) is 24.8 Å². The van der Waals surface area contributed by atoms with Crippen LogP contribution in [0.3, 0.4) is 0 Å². The smallest absolute Gasteiger partial charge is 0.226 e. The van der Waals surface area contributed by atoms with Crippen molar-refractivity contribution in [3.05, 3.63) is 47.6 Å². The van der Waals surface area contributed by atoms with E-state index in [9.17, 15) is 0 Å². The summed E-state index contributed by atoms with van der Waals surface area (Å²) in [6.07, 6.45) is 4.14. The van der Waals surface area contributed by atoms with E-state index in [1.807, 2.05) is 18.2 Å². The molecule has 0 amide bonds. The molecule has 1 aliphatic carbocycles. The first-order valence-corrected chi connectivity index (χ1v) is 6.61. The summed E-state index contributed by atoms with van der Waals surface area (Å²) in [7, 11) is 0. The molecule has 0 spiro atoms. The summed E-state index contributed by atoms with van der Waals surface area (Å²) < 4.78 is 5.29. The highest BCUT2D eigenvalue weighted by Gasteiger charge is 2.49. The normalized spacial score (nSPS) is 15.9. The van der Waals surface area contributed by atoms with E-state index >= 15 is 0 Å². The van der Waals surface area contributed by atoms with Crippen LogP contribution in [-0.2, 0) is 11.8 Å². The molecule has 0 atom stereocenters. The average Bonchev–Trinajstić information content (AvgIpc) is 3.14. The van der Waals surface area contributed by atoms with Gasteiger partial charge in [0.2, 0.25) is 5.89 Å². The van der Waals surface area contributed by atoms with Crippen molar-refractivity contribution < 1.29 is 4.52 Å². The fourth-order valence-corrected chi connectivity index (χ4v) is 2.39. The maximum atomic E-state index is 8.52. The standard InChI is InChI=1S/C15H15N3O/c16-11-5-4-8-13-17-14(18-19-13)15(9-10-15)12-6-2-1-3-7-12/h1-3,6-7H,4-5,8-10H2. The van der Waals surface area contributed by atoms with Crippen molar-refractivity contribution in [3.63, 3.8) is 0 Å². The van der Waals surface area contributed by atoms with Crippen LogP contribution in [0.2, 0.25) is 0 Å². The Bertz CT molecular complexity index is 593. The van der Waals surface area contributed by atoms with Crippen LogP contribution in [0.25, 0.3) is 0 Å². The topological polar surface area (TPSA) is 62.7 Å². The molecule has 0 unspecified atom stereocenters. The number of hydrogen-bond donors (Lipinski definition) is 0. The lowest BCUT2D eigenvalue weighted by molar-refractivity contribution is 0.368. The summed E-state index contributed by atoms with van der Waals surface area (Å²) in [4.78, 5) is 4.51. The Morgan fingerprint density at radius 2 is 2.05 bits per heavy atom. The molecule has 0 N–H and O–H groups in total. The number of unbranched alkanes of at least 4 members (excludes halogenated alkanes) is 1. The SMILES string of the molecule is N#CCCCc1nc(C2(c3ccccc3)CC2)no1. The van der Waals surface area contributed by atoms with Crippen molar-refractivity contribution in [1.82, 2.24) is 10.1 Å². The fraction of sp³-hybridized carbons (Fsp3) is 0.400. The second-order valence-electron chi connectivity index (χ2n) is 4.97.